The molecule has 0 radical (unpaired) electrons. The molecule has 2 aliphatic rings. The fraction of sp³-hybridized carbons (Fsp3) is 0.346. The van der Waals surface area contributed by atoms with Crippen molar-refractivity contribution in [3.63, 3.8) is 0 Å². The number of aromatic nitrogens is 2. The molecule has 5 rings (SSSR count). The average Bonchev–Trinajstić information content (AvgIpc) is 3.49. The molecule has 8 nitrogen and oxygen atoms in total. The van der Waals surface area contributed by atoms with Crippen molar-refractivity contribution in [2.24, 2.45) is 0 Å². The highest BCUT2D eigenvalue weighted by atomic mass is 19.1. The van der Waals surface area contributed by atoms with Crippen LogP contribution in [0, 0.1) is 5.82 Å². The second kappa shape index (κ2) is 8.49. The number of H-pyrrole nitrogens is 1. The van der Waals surface area contributed by atoms with Crippen LogP contribution in [-0.4, -0.2) is 52.1 Å². The first-order valence-corrected chi connectivity index (χ1v) is 11.6. The zero-order valence-corrected chi connectivity index (χ0v) is 20.0. The molecule has 3 heterocycles. The summed E-state index contributed by atoms with van der Waals surface area (Å²) in [4.78, 5) is 30.1. The summed E-state index contributed by atoms with van der Waals surface area (Å²) >= 11 is 0. The van der Waals surface area contributed by atoms with Gasteiger partial charge in [0.25, 0.3) is 5.91 Å². The standard InChI is InChI=1S/C26H28FN5O3/c1-25(2)21-20(22(30-29-21)28-23(33)17-9-11-19(27)12-10-17)15-32(25)24(34)35-26(13-14-31(3)16-26)18-7-5-4-6-8-18/h4-12H,13-16H2,1-3H3,(H2,28,29,30,33). The van der Waals surface area contributed by atoms with E-state index in [2.05, 4.69) is 20.4 Å². The molecule has 1 aromatic heterocycles. The Hall–Kier alpha value is -3.72. The van der Waals surface area contributed by atoms with Crippen LogP contribution in [0.2, 0.25) is 0 Å². The maximum Gasteiger partial charge on any atom is 0.411 e. The van der Waals surface area contributed by atoms with Crippen molar-refractivity contribution in [3.8, 4) is 0 Å². The van der Waals surface area contributed by atoms with Crippen LogP contribution in [0.5, 0.6) is 0 Å². The first kappa shape index (κ1) is 23.0. The van der Waals surface area contributed by atoms with E-state index in [0.717, 1.165) is 23.4 Å². The number of halogens is 1. The molecule has 0 saturated carbocycles. The lowest BCUT2D eigenvalue weighted by atomic mass is 9.92. The number of carbonyl (C=O) groups excluding carboxylic acids is 2. The smallest absolute Gasteiger partial charge is 0.411 e. The Balaban J connectivity index is 1.37. The van der Waals surface area contributed by atoms with Gasteiger partial charge in [-0.15, -0.1) is 0 Å². The zero-order valence-electron chi connectivity index (χ0n) is 20.0. The highest BCUT2D eigenvalue weighted by Crippen LogP contribution is 2.43. The predicted molar refractivity (Wildman–Crippen MR) is 128 cm³/mol. The monoisotopic (exact) mass is 477 g/mol. The first-order valence-electron chi connectivity index (χ1n) is 11.6. The molecule has 1 fully saturated rings. The van der Waals surface area contributed by atoms with Crippen LogP contribution in [-0.2, 0) is 22.4 Å². The minimum Gasteiger partial charge on any atom is -0.436 e. The van der Waals surface area contributed by atoms with Gasteiger partial charge in [0, 0.05) is 30.6 Å². The van der Waals surface area contributed by atoms with Crippen molar-refractivity contribution in [1.82, 2.24) is 20.0 Å². The lowest BCUT2D eigenvalue weighted by molar-refractivity contribution is -0.0216. The van der Waals surface area contributed by atoms with Gasteiger partial charge in [-0.05, 0) is 50.7 Å². The Morgan fingerprint density at radius 1 is 1.11 bits per heavy atom. The van der Waals surface area contributed by atoms with E-state index in [1.807, 2.05) is 51.2 Å². The van der Waals surface area contributed by atoms with E-state index in [0.29, 0.717) is 24.3 Å². The Bertz CT molecular complexity index is 1260. The number of ether oxygens (including phenoxy) is 1. The predicted octanol–water partition coefficient (Wildman–Crippen LogP) is 4.22. The number of rotatable bonds is 4. The van der Waals surface area contributed by atoms with Crippen molar-refractivity contribution < 1.29 is 18.7 Å². The maximum absolute atomic E-state index is 13.6. The molecule has 0 aliphatic carbocycles. The van der Waals surface area contributed by atoms with E-state index < -0.39 is 29.0 Å². The van der Waals surface area contributed by atoms with Gasteiger partial charge in [-0.3, -0.25) is 14.8 Å². The van der Waals surface area contributed by atoms with Crippen LogP contribution in [0.1, 0.15) is 47.4 Å². The van der Waals surface area contributed by atoms with Crippen molar-refractivity contribution in [1.29, 1.82) is 0 Å². The van der Waals surface area contributed by atoms with Gasteiger partial charge in [-0.25, -0.2) is 9.18 Å². The molecule has 2 aliphatic heterocycles. The summed E-state index contributed by atoms with van der Waals surface area (Å²) in [7, 11) is 2.02. The topological polar surface area (TPSA) is 90.6 Å². The molecule has 1 saturated heterocycles. The van der Waals surface area contributed by atoms with Crippen molar-refractivity contribution >= 4 is 17.8 Å². The molecule has 182 valence electrons. The van der Waals surface area contributed by atoms with Crippen LogP contribution in [0.4, 0.5) is 15.0 Å². The van der Waals surface area contributed by atoms with Crippen molar-refractivity contribution in [2.75, 3.05) is 25.5 Å². The molecule has 2 aromatic carbocycles. The lowest BCUT2D eigenvalue weighted by Gasteiger charge is -2.36. The molecule has 35 heavy (non-hydrogen) atoms. The van der Waals surface area contributed by atoms with E-state index in [9.17, 15) is 14.0 Å². The van der Waals surface area contributed by atoms with Crippen LogP contribution in [0.25, 0.3) is 0 Å². The maximum atomic E-state index is 13.6. The number of fused-ring (bicyclic) bond motifs is 1. The molecule has 1 atom stereocenters. The van der Waals surface area contributed by atoms with Crippen LogP contribution < -0.4 is 5.32 Å². The Morgan fingerprint density at radius 3 is 2.49 bits per heavy atom. The normalized spacial score (nSPS) is 21.1. The summed E-state index contributed by atoms with van der Waals surface area (Å²) in [6.45, 7) is 5.51. The third kappa shape index (κ3) is 4.05. The number of nitrogens with zero attached hydrogens (tertiary/aromatic N) is 3. The molecule has 0 spiro atoms. The second-order valence-corrected chi connectivity index (χ2v) is 9.75. The fourth-order valence-corrected chi connectivity index (χ4v) is 5.00. The average molecular weight is 478 g/mol. The lowest BCUT2D eigenvalue weighted by Crippen LogP contribution is -2.45. The molecular formula is C26H28FN5O3. The number of nitrogens with one attached hydrogen (secondary N) is 2. The van der Waals surface area contributed by atoms with Gasteiger partial charge in [0.2, 0.25) is 0 Å². The number of anilines is 1. The van der Waals surface area contributed by atoms with Crippen LogP contribution in [0.3, 0.4) is 0 Å². The number of aromatic amines is 1. The van der Waals surface area contributed by atoms with Crippen molar-refractivity contribution in [2.45, 2.75) is 38.0 Å². The van der Waals surface area contributed by atoms with E-state index in [4.69, 9.17) is 4.74 Å². The number of carbonyl (C=O) groups is 2. The third-order valence-electron chi connectivity index (χ3n) is 7.03. The highest BCUT2D eigenvalue weighted by Gasteiger charge is 2.49. The minimum atomic E-state index is -0.725. The minimum absolute atomic E-state index is 0.234. The first-order chi connectivity index (χ1) is 16.7. The highest BCUT2D eigenvalue weighted by molar-refractivity contribution is 6.04. The zero-order chi connectivity index (χ0) is 24.8. The Morgan fingerprint density at radius 2 is 1.83 bits per heavy atom. The van der Waals surface area contributed by atoms with Gasteiger partial charge < -0.3 is 15.0 Å². The molecule has 9 heteroatoms. The number of benzene rings is 2. The second-order valence-electron chi connectivity index (χ2n) is 9.75. The summed E-state index contributed by atoms with van der Waals surface area (Å²) < 4.78 is 19.5. The van der Waals surface area contributed by atoms with E-state index in [-0.39, 0.29) is 6.54 Å². The van der Waals surface area contributed by atoms with E-state index >= 15 is 0 Å². The molecule has 3 aromatic rings. The Labute approximate surface area is 203 Å². The molecule has 0 bridgehead atoms. The quantitative estimate of drug-likeness (QED) is 0.587. The van der Waals surface area contributed by atoms with Gasteiger partial charge >= 0.3 is 6.09 Å². The molecule has 2 amide bonds. The van der Waals surface area contributed by atoms with Crippen LogP contribution in [0.15, 0.2) is 54.6 Å². The largest absolute Gasteiger partial charge is 0.436 e. The van der Waals surface area contributed by atoms with E-state index in [1.54, 1.807) is 4.90 Å². The van der Waals surface area contributed by atoms with E-state index in [1.165, 1.54) is 24.3 Å². The van der Waals surface area contributed by atoms with Gasteiger partial charge in [-0.1, -0.05) is 30.3 Å². The summed E-state index contributed by atoms with van der Waals surface area (Å²) in [6.07, 6.45) is 0.286. The molecule has 2 N–H and O–H groups in total. The summed E-state index contributed by atoms with van der Waals surface area (Å²) in [5.74, 6) is -0.480. The van der Waals surface area contributed by atoms with Gasteiger partial charge in [0.05, 0.1) is 17.8 Å². The number of likely N-dealkylation sites (tertiary alicyclic amines) is 1. The van der Waals surface area contributed by atoms with Gasteiger partial charge in [-0.2, -0.15) is 5.10 Å². The van der Waals surface area contributed by atoms with Crippen LogP contribution >= 0.6 is 0 Å². The van der Waals surface area contributed by atoms with Crippen molar-refractivity contribution in [3.05, 3.63) is 82.8 Å². The number of amides is 2. The molecule has 1 unspecified atom stereocenters. The number of hydrogen-bond donors (Lipinski definition) is 2. The SMILES string of the molecule is CN1CCC(OC(=O)N2Cc3c(NC(=O)c4ccc(F)cc4)n[nH]c3C2(C)C)(c2ccccc2)C1. The summed E-state index contributed by atoms with van der Waals surface area (Å²) in [5, 5.41) is 10.0. The third-order valence-corrected chi connectivity index (χ3v) is 7.03. The Kier molecular flexibility index (Phi) is 5.59. The summed E-state index contributed by atoms with van der Waals surface area (Å²) in [6, 6.07) is 15.1. The summed E-state index contributed by atoms with van der Waals surface area (Å²) in [5.41, 5.74) is 1.30. The molecular weight excluding hydrogens is 449 g/mol. The van der Waals surface area contributed by atoms with Gasteiger partial charge in [0.15, 0.2) is 11.4 Å². The number of likely N-dealkylation sites (N-methyl/N-ethyl adjacent to an activating group) is 1. The van der Waals surface area contributed by atoms with Gasteiger partial charge in [0.1, 0.15) is 5.82 Å². The fourth-order valence-electron chi connectivity index (χ4n) is 5.00. The number of hydrogen-bond acceptors (Lipinski definition) is 5.